The predicted molar refractivity (Wildman–Crippen MR) is 73.2 cm³/mol. The number of carboxylic acids is 1. The maximum absolute atomic E-state index is 11.6. The summed E-state index contributed by atoms with van der Waals surface area (Å²) in [5.41, 5.74) is -0.591. The molecule has 3 amide bonds. The third-order valence-corrected chi connectivity index (χ3v) is 2.97. The first kappa shape index (κ1) is 16.3. The first-order chi connectivity index (χ1) is 9.20. The monoisotopic (exact) mass is 285 g/mol. The van der Waals surface area contributed by atoms with Gasteiger partial charge in [0.15, 0.2) is 0 Å². The standard InChI is InChI=1S/C13H23N3O4/c1-13(2,3)10(11(18)19)16-12(20)14-7-6-9(17)15-8-4-5-8/h8,10H,4-7H2,1-3H3,(H,15,17)(H,18,19)(H2,14,16,20)/t10-/m1/s1. The topological polar surface area (TPSA) is 108 Å². The summed E-state index contributed by atoms with van der Waals surface area (Å²) >= 11 is 0. The molecule has 7 nitrogen and oxygen atoms in total. The molecule has 1 rings (SSSR count). The number of aliphatic carboxylic acids is 1. The van der Waals surface area contributed by atoms with Crippen molar-refractivity contribution in [2.24, 2.45) is 5.41 Å². The summed E-state index contributed by atoms with van der Waals surface area (Å²) in [7, 11) is 0. The first-order valence-electron chi connectivity index (χ1n) is 6.76. The molecule has 1 aliphatic carbocycles. The SMILES string of the molecule is CC(C)(C)[C@H](NC(=O)NCCC(=O)NC1CC1)C(=O)O. The Morgan fingerprint density at radius 2 is 1.85 bits per heavy atom. The number of hydrogen-bond acceptors (Lipinski definition) is 3. The predicted octanol–water partition coefficient (Wildman–Crippen LogP) is 0.454. The number of carboxylic acid groups (broad SMARTS) is 1. The Bertz CT molecular complexity index is 386. The fourth-order valence-corrected chi connectivity index (χ4v) is 1.65. The van der Waals surface area contributed by atoms with Crippen LogP contribution in [-0.2, 0) is 9.59 Å². The summed E-state index contributed by atoms with van der Waals surface area (Å²) in [4.78, 5) is 34.1. The van der Waals surface area contributed by atoms with Crippen molar-refractivity contribution < 1.29 is 19.5 Å². The second-order valence-corrected chi connectivity index (χ2v) is 6.13. The van der Waals surface area contributed by atoms with Crippen LogP contribution >= 0.6 is 0 Å². The average Bonchev–Trinajstić information content (AvgIpc) is 3.07. The molecule has 0 aromatic rings. The lowest BCUT2D eigenvalue weighted by Gasteiger charge is -2.27. The van der Waals surface area contributed by atoms with Crippen molar-refractivity contribution in [2.75, 3.05) is 6.54 Å². The van der Waals surface area contributed by atoms with Gasteiger partial charge in [0.2, 0.25) is 5.91 Å². The van der Waals surface area contributed by atoms with Crippen LogP contribution < -0.4 is 16.0 Å². The maximum atomic E-state index is 11.6. The van der Waals surface area contributed by atoms with Gasteiger partial charge in [-0.2, -0.15) is 0 Å². The Morgan fingerprint density at radius 1 is 1.25 bits per heavy atom. The van der Waals surface area contributed by atoms with Gasteiger partial charge in [-0.15, -0.1) is 0 Å². The second kappa shape index (κ2) is 6.58. The van der Waals surface area contributed by atoms with E-state index in [-0.39, 0.29) is 18.9 Å². The molecular weight excluding hydrogens is 262 g/mol. The summed E-state index contributed by atoms with van der Waals surface area (Å²) in [6.45, 7) is 5.38. The zero-order valence-corrected chi connectivity index (χ0v) is 12.2. The minimum absolute atomic E-state index is 0.0987. The molecule has 1 saturated carbocycles. The highest BCUT2D eigenvalue weighted by molar-refractivity contribution is 5.83. The normalized spacial score (nSPS) is 16.1. The zero-order chi connectivity index (χ0) is 15.3. The summed E-state index contributed by atoms with van der Waals surface area (Å²) in [5, 5.41) is 16.8. The molecule has 0 aromatic heterocycles. The Balaban J connectivity index is 2.27. The zero-order valence-electron chi connectivity index (χ0n) is 12.2. The number of carbonyl (C=O) groups excluding carboxylic acids is 2. The third-order valence-electron chi connectivity index (χ3n) is 2.97. The lowest BCUT2D eigenvalue weighted by molar-refractivity contribution is -0.141. The summed E-state index contributed by atoms with van der Waals surface area (Å²) in [6.07, 6.45) is 2.23. The highest BCUT2D eigenvalue weighted by Crippen LogP contribution is 2.19. The molecule has 20 heavy (non-hydrogen) atoms. The molecule has 1 aliphatic rings. The molecule has 114 valence electrons. The van der Waals surface area contributed by atoms with Crippen LogP contribution in [0.25, 0.3) is 0 Å². The molecule has 7 heteroatoms. The molecule has 4 N–H and O–H groups in total. The number of amides is 3. The highest BCUT2D eigenvalue weighted by atomic mass is 16.4. The van der Waals surface area contributed by atoms with E-state index in [2.05, 4.69) is 16.0 Å². The van der Waals surface area contributed by atoms with E-state index in [4.69, 9.17) is 5.11 Å². The van der Waals surface area contributed by atoms with Crippen molar-refractivity contribution in [3.8, 4) is 0 Å². The molecule has 0 aliphatic heterocycles. The van der Waals surface area contributed by atoms with Crippen molar-refractivity contribution in [3.05, 3.63) is 0 Å². The van der Waals surface area contributed by atoms with Crippen molar-refractivity contribution >= 4 is 17.9 Å². The van der Waals surface area contributed by atoms with Crippen molar-refractivity contribution in [1.29, 1.82) is 0 Å². The largest absolute Gasteiger partial charge is 0.480 e. The van der Waals surface area contributed by atoms with Gasteiger partial charge in [0.05, 0.1) is 0 Å². The van der Waals surface area contributed by atoms with Gasteiger partial charge >= 0.3 is 12.0 Å². The van der Waals surface area contributed by atoms with E-state index >= 15 is 0 Å². The Labute approximate surface area is 118 Å². The molecule has 0 aromatic carbocycles. The Morgan fingerprint density at radius 3 is 2.30 bits per heavy atom. The number of urea groups is 1. The summed E-state index contributed by atoms with van der Waals surface area (Å²) in [5.74, 6) is -1.18. The van der Waals surface area contributed by atoms with Crippen LogP contribution in [0.2, 0.25) is 0 Å². The molecule has 0 heterocycles. The molecule has 0 radical (unpaired) electrons. The molecular formula is C13H23N3O4. The van der Waals surface area contributed by atoms with Gasteiger partial charge in [0, 0.05) is 19.0 Å². The van der Waals surface area contributed by atoms with Gasteiger partial charge in [-0.1, -0.05) is 20.8 Å². The molecule has 0 saturated heterocycles. The van der Waals surface area contributed by atoms with Crippen LogP contribution in [0.3, 0.4) is 0 Å². The molecule has 1 atom stereocenters. The van der Waals surface area contributed by atoms with Crippen molar-refractivity contribution in [2.45, 2.75) is 52.1 Å². The van der Waals surface area contributed by atoms with Gasteiger partial charge in [-0.05, 0) is 18.3 Å². The summed E-state index contributed by atoms with van der Waals surface area (Å²) in [6, 6.07) is -1.26. The Hall–Kier alpha value is -1.79. The Kier molecular flexibility index (Phi) is 5.35. The molecule has 0 bridgehead atoms. The number of nitrogens with one attached hydrogen (secondary N) is 3. The lowest BCUT2D eigenvalue weighted by Crippen LogP contribution is -2.52. The van der Waals surface area contributed by atoms with Crippen LogP contribution in [0.4, 0.5) is 4.79 Å². The highest BCUT2D eigenvalue weighted by Gasteiger charge is 2.32. The second-order valence-electron chi connectivity index (χ2n) is 6.13. The molecule has 1 fully saturated rings. The maximum Gasteiger partial charge on any atom is 0.326 e. The van der Waals surface area contributed by atoms with Crippen molar-refractivity contribution in [3.63, 3.8) is 0 Å². The lowest BCUT2D eigenvalue weighted by atomic mass is 9.87. The minimum Gasteiger partial charge on any atom is -0.480 e. The van der Waals surface area contributed by atoms with E-state index < -0.39 is 23.5 Å². The average molecular weight is 285 g/mol. The number of carbonyl (C=O) groups is 3. The van der Waals surface area contributed by atoms with Crippen LogP contribution in [-0.4, -0.2) is 41.6 Å². The van der Waals surface area contributed by atoms with Crippen LogP contribution in [0.15, 0.2) is 0 Å². The first-order valence-corrected chi connectivity index (χ1v) is 6.76. The molecule has 0 unspecified atom stereocenters. The van der Waals surface area contributed by atoms with Crippen LogP contribution in [0.5, 0.6) is 0 Å². The van der Waals surface area contributed by atoms with Gasteiger partial charge in [0.1, 0.15) is 6.04 Å². The van der Waals surface area contributed by atoms with Crippen LogP contribution in [0.1, 0.15) is 40.0 Å². The van der Waals surface area contributed by atoms with Gasteiger partial charge in [0.25, 0.3) is 0 Å². The van der Waals surface area contributed by atoms with E-state index in [0.29, 0.717) is 6.04 Å². The summed E-state index contributed by atoms with van der Waals surface area (Å²) < 4.78 is 0. The minimum atomic E-state index is -1.08. The van der Waals surface area contributed by atoms with Gasteiger partial charge in [-0.3, -0.25) is 4.79 Å². The fourth-order valence-electron chi connectivity index (χ4n) is 1.65. The smallest absolute Gasteiger partial charge is 0.326 e. The van der Waals surface area contributed by atoms with Gasteiger partial charge < -0.3 is 21.1 Å². The van der Waals surface area contributed by atoms with Gasteiger partial charge in [-0.25, -0.2) is 9.59 Å². The van der Waals surface area contributed by atoms with E-state index in [1.54, 1.807) is 20.8 Å². The van der Waals surface area contributed by atoms with E-state index in [1.807, 2.05) is 0 Å². The number of rotatable bonds is 6. The third kappa shape index (κ3) is 5.90. The quantitative estimate of drug-likeness (QED) is 0.568. The van der Waals surface area contributed by atoms with E-state index in [0.717, 1.165) is 12.8 Å². The fraction of sp³-hybridized carbons (Fsp3) is 0.769. The van der Waals surface area contributed by atoms with Crippen molar-refractivity contribution in [1.82, 2.24) is 16.0 Å². The van der Waals surface area contributed by atoms with E-state index in [9.17, 15) is 14.4 Å². The molecule has 0 spiro atoms. The van der Waals surface area contributed by atoms with E-state index in [1.165, 1.54) is 0 Å². The number of hydrogen-bond donors (Lipinski definition) is 4. The van der Waals surface area contributed by atoms with Crippen LogP contribution in [0, 0.1) is 5.41 Å².